The molecule has 4 aromatic rings. The molecule has 0 saturated carbocycles. The maximum atomic E-state index is 4.66. The fourth-order valence-corrected chi connectivity index (χ4v) is 6.86. The molecule has 0 amide bonds. The van der Waals surface area contributed by atoms with E-state index in [0.29, 0.717) is 47.3 Å². The minimum absolute atomic E-state index is 0.409. The van der Waals surface area contributed by atoms with Gasteiger partial charge in [0.05, 0.1) is 22.7 Å². The fraction of sp³-hybridized carbons (Fsp3) is 0.500. The largest absolute Gasteiger partial charge is 0.259 e. The van der Waals surface area contributed by atoms with Gasteiger partial charge < -0.3 is 0 Å². The second kappa shape index (κ2) is 20.4. The molecule has 0 saturated heterocycles. The Morgan fingerprint density at radius 2 is 0.481 bits per heavy atom. The van der Waals surface area contributed by atoms with Gasteiger partial charge in [-0.3, -0.25) is 10.9 Å². The molecule has 0 fully saturated rings. The summed E-state index contributed by atoms with van der Waals surface area (Å²) in [6.07, 6.45) is 0. The Bertz CT molecular complexity index is 1600. The number of para-hydroxylation sites is 2. The topological polar surface area (TPSA) is 73.5 Å². The van der Waals surface area contributed by atoms with Crippen LogP contribution in [0.15, 0.2) is 93.5 Å². The Morgan fingerprint density at radius 1 is 0.296 bits per heavy atom. The molecule has 0 aliphatic heterocycles. The summed E-state index contributed by atoms with van der Waals surface area (Å²) in [5.41, 5.74) is 20.9. The molecule has 0 heterocycles. The predicted molar refractivity (Wildman–Crippen MR) is 235 cm³/mol. The Hall–Kier alpha value is -4.32. The first-order chi connectivity index (χ1) is 25.5. The van der Waals surface area contributed by atoms with Gasteiger partial charge in [0.15, 0.2) is 0 Å². The van der Waals surface area contributed by atoms with Crippen molar-refractivity contribution in [3.63, 3.8) is 0 Å². The molecule has 0 radical (unpaired) electrons. The van der Waals surface area contributed by atoms with Crippen LogP contribution >= 0.6 is 0 Å². The molecule has 54 heavy (non-hydrogen) atoms. The van der Waals surface area contributed by atoms with E-state index in [4.69, 9.17) is 0 Å². The molecule has 0 atom stereocenters. The van der Waals surface area contributed by atoms with Crippen molar-refractivity contribution in [3.8, 4) is 0 Å². The molecule has 0 aliphatic rings. The Labute approximate surface area is 328 Å². The van der Waals surface area contributed by atoms with Gasteiger partial charge in [0.2, 0.25) is 0 Å². The van der Waals surface area contributed by atoms with Crippen LogP contribution in [0.1, 0.15) is 203 Å². The van der Waals surface area contributed by atoms with Crippen molar-refractivity contribution in [1.29, 1.82) is 0 Å². The zero-order valence-corrected chi connectivity index (χ0v) is 36.3. The lowest BCUT2D eigenvalue weighted by molar-refractivity contribution is 0.823. The highest BCUT2D eigenvalue weighted by molar-refractivity contribution is 5.61. The molecule has 0 unspecified atom stereocenters. The molecule has 6 nitrogen and oxygen atoms in total. The highest BCUT2D eigenvalue weighted by Crippen LogP contribution is 2.38. The second-order valence-corrected chi connectivity index (χ2v) is 17.1. The SMILES string of the molecule is CC(C)c1cccc(C(C)C)c1N=NNc1c(C(C)C)cccc1C(C)C.CC(C)c1cccc(C(C)C)c1N=NNc1c(C(C)C)cccc1C(C)C. The number of benzene rings is 4. The van der Waals surface area contributed by atoms with E-state index < -0.39 is 0 Å². The summed E-state index contributed by atoms with van der Waals surface area (Å²) in [7, 11) is 0. The van der Waals surface area contributed by atoms with E-state index in [2.05, 4.69) is 215 Å². The minimum atomic E-state index is 0.409. The summed E-state index contributed by atoms with van der Waals surface area (Å²) in [5, 5.41) is 18.2. The first-order valence-electron chi connectivity index (χ1n) is 20.3. The zero-order valence-electron chi connectivity index (χ0n) is 36.3. The van der Waals surface area contributed by atoms with Crippen LogP contribution in [0.25, 0.3) is 0 Å². The van der Waals surface area contributed by atoms with E-state index in [1.165, 1.54) is 44.5 Å². The molecular weight excluding hydrogens is 661 g/mol. The molecule has 4 rings (SSSR count). The van der Waals surface area contributed by atoms with Gasteiger partial charge in [0.1, 0.15) is 0 Å². The molecule has 0 bridgehead atoms. The van der Waals surface area contributed by atoms with Crippen LogP contribution in [0, 0.1) is 0 Å². The van der Waals surface area contributed by atoms with Crippen molar-refractivity contribution < 1.29 is 0 Å². The van der Waals surface area contributed by atoms with Gasteiger partial charge in [0, 0.05) is 0 Å². The van der Waals surface area contributed by atoms with Crippen LogP contribution in [-0.4, -0.2) is 0 Å². The van der Waals surface area contributed by atoms with Crippen LogP contribution in [0.4, 0.5) is 22.7 Å². The number of hydrogen-bond donors (Lipinski definition) is 2. The molecule has 292 valence electrons. The van der Waals surface area contributed by atoms with Gasteiger partial charge in [-0.1, -0.05) is 194 Å². The molecule has 0 aliphatic carbocycles. The Kier molecular flexibility index (Phi) is 16.6. The lowest BCUT2D eigenvalue weighted by Gasteiger charge is -2.19. The van der Waals surface area contributed by atoms with Gasteiger partial charge >= 0.3 is 0 Å². The average molecular weight is 731 g/mol. The van der Waals surface area contributed by atoms with Crippen LogP contribution in [0.2, 0.25) is 0 Å². The number of rotatable bonds is 14. The summed E-state index contributed by atoms with van der Waals surface area (Å²) >= 11 is 0. The number of hydrogen-bond acceptors (Lipinski definition) is 4. The van der Waals surface area contributed by atoms with Crippen LogP contribution in [-0.2, 0) is 0 Å². The lowest BCUT2D eigenvalue weighted by atomic mass is 9.93. The smallest absolute Gasteiger partial charge is 0.0943 e. The summed E-state index contributed by atoms with van der Waals surface area (Å²) < 4.78 is 0. The number of anilines is 2. The standard InChI is InChI=1S/2C24H35N3/c2*1-15(2)19-11-9-12-20(16(3)4)23(19)25-27-26-24-21(17(5)6)13-10-14-22(24)18(7)8/h2*9-18H,1-8H3,(H,25,26). The average Bonchev–Trinajstić information content (AvgIpc) is 3.11. The highest BCUT2D eigenvalue weighted by atomic mass is 15.4. The monoisotopic (exact) mass is 731 g/mol. The molecule has 4 aromatic carbocycles. The van der Waals surface area contributed by atoms with Gasteiger partial charge in [-0.15, -0.1) is 10.2 Å². The van der Waals surface area contributed by atoms with Crippen molar-refractivity contribution in [2.24, 2.45) is 20.7 Å². The van der Waals surface area contributed by atoms with Gasteiger partial charge in [0.25, 0.3) is 0 Å². The van der Waals surface area contributed by atoms with E-state index in [-0.39, 0.29) is 0 Å². The predicted octanol–water partition coefficient (Wildman–Crippen LogP) is 16.6. The zero-order chi connectivity index (χ0) is 40.3. The van der Waals surface area contributed by atoms with Gasteiger partial charge in [-0.25, -0.2) is 0 Å². The fourth-order valence-electron chi connectivity index (χ4n) is 6.86. The maximum absolute atomic E-state index is 4.66. The number of nitrogens with one attached hydrogen (secondary N) is 2. The normalized spacial score (nSPS) is 12.1. The van der Waals surface area contributed by atoms with Crippen LogP contribution in [0.3, 0.4) is 0 Å². The van der Waals surface area contributed by atoms with E-state index >= 15 is 0 Å². The van der Waals surface area contributed by atoms with Crippen molar-refractivity contribution in [3.05, 3.63) is 117 Å². The summed E-state index contributed by atoms with van der Waals surface area (Å²) in [6, 6.07) is 25.9. The van der Waals surface area contributed by atoms with Crippen molar-refractivity contribution >= 4 is 22.7 Å². The van der Waals surface area contributed by atoms with Gasteiger partial charge in [-0.05, 0) is 91.9 Å². The first kappa shape index (κ1) is 44.1. The van der Waals surface area contributed by atoms with Crippen LogP contribution < -0.4 is 10.9 Å². The van der Waals surface area contributed by atoms with E-state index in [1.807, 2.05) is 0 Å². The minimum Gasteiger partial charge on any atom is -0.259 e. The molecule has 0 aromatic heterocycles. The third-order valence-electron chi connectivity index (χ3n) is 10.1. The Balaban J connectivity index is 0.000000290. The summed E-state index contributed by atoms with van der Waals surface area (Å²) in [5.74, 6) is 3.34. The van der Waals surface area contributed by atoms with Crippen molar-refractivity contribution in [2.45, 2.75) is 158 Å². The molecule has 6 heteroatoms. The van der Waals surface area contributed by atoms with Crippen molar-refractivity contribution in [2.75, 3.05) is 10.9 Å². The third-order valence-corrected chi connectivity index (χ3v) is 10.1. The van der Waals surface area contributed by atoms with E-state index in [1.54, 1.807) is 0 Å². The van der Waals surface area contributed by atoms with E-state index in [9.17, 15) is 0 Å². The Morgan fingerprint density at radius 3 is 0.667 bits per heavy atom. The molecule has 2 N–H and O–H groups in total. The second-order valence-electron chi connectivity index (χ2n) is 17.1. The lowest BCUT2D eigenvalue weighted by Crippen LogP contribution is -2.03. The first-order valence-corrected chi connectivity index (χ1v) is 20.3. The number of nitrogens with zero attached hydrogens (tertiary/aromatic N) is 4. The van der Waals surface area contributed by atoms with Crippen LogP contribution in [0.5, 0.6) is 0 Å². The highest BCUT2D eigenvalue weighted by Gasteiger charge is 2.17. The summed E-state index contributed by atoms with van der Waals surface area (Å²) in [4.78, 5) is 0. The molecular formula is C48H70N6. The van der Waals surface area contributed by atoms with Crippen molar-refractivity contribution in [1.82, 2.24) is 0 Å². The summed E-state index contributed by atoms with van der Waals surface area (Å²) in [6.45, 7) is 35.4. The maximum Gasteiger partial charge on any atom is 0.0943 e. The third kappa shape index (κ3) is 11.3. The van der Waals surface area contributed by atoms with E-state index in [0.717, 1.165) is 22.7 Å². The van der Waals surface area contributed by atoms with Gasteiger partial charge in [-0.2, -0.15) is 0 Å². The quantitative estimate of drug-likeness (QED) is 0.100. The molecule has 0 spiro atoms.